The number of aromatic nitrogens is 2. The quantitative estimate of drug-likeness (QED) is 0.772. The van der Waals surface area contributed by atoms with E-state index in [4.69, 9.17) is 14.6 Å². The van der Waals surface area contributed by atoms with E-state index in [9.17, 15) is 4.79 Å². The van der Waals surface area contributed by atoms with E-state index in [1.54, 1.807) is 0 Å². The fourth-order valence-corrected chi connectivity index (χ4v) is 3.55. The molecule has 1 saturated carbocycles. The molecular formula is C18H21N3O4. The fourth-order valence-electron chi connectivity index (χ4n) is 3.55. The number of nitrogens with zero attached hydrogens (tertiary/aromatic N) is 1. The molecule has 0 bridgehead atoms. The fraction of sp³-hybridized carbons (Fsp3) is 0.444. The van der Waals surface area contributed by atoms with Crippen molar-refractivity contribution in [3.05, 3.63) is 30.0 Å². The molecule has 0 unspecified atom stereocenters. The van der Waals surface area contributed by atoms with Gasteiger partial charge in [0.2, 0.25) is 6.79 Å². The van der Waals surface area contributed by atoms with Crippen LogP contribution >= 0.6 is 0 Å². The maximum Gasteiger partial charge on any atom is 0.306 e. The van der Waals surface area contributed by atoms with E-state index in [1.165, 1.54) is 0 Å². The smallest absolute Gasteiger partial charge is 0.306 e. The molecule has 25 heavy (non-hydrogen) atoms. The van der Waals surface area contributed by atoms with Crippen LogP contribution in [0.3, 0.4) is 0 Å². The lowest BCUT2D eigenvalue weighted by Gasteiger charge is -2.26. The van der Waals surface area contributed by atoms with E-state index < -0.39 is 5.97 Å². The first-order valence-corrected chi connectivity index (χ1v) is 8.59. The summed E-state index contributed by atoms with van der Waals surface area (Å²) in [6.07, 6.45) is 5.11. The molecule has 0 spiro atoms. The standard InChI is InChI=1S/C18H21N3O4/c22-18(23)11-1-4-14(5-2-11)19-8-13-9-20-21-17(13)12-3-6-15-16(7-12)25-10-24-15/h3,6-7,9,11,14,19H,1-2,4-5,8,10H2,(H,20,21)(H,22,23). The molecule has 1 aromatic heterocycles. The molecule has 1 aliphatic heterocycles. The number of hydrogen-bond donors (Lipinski definition) is 3. The molecule has 2 aliphatic rings. The summed E-state index contributed by atoms with van der Waals surface area (Å²) >= 11 is 0. The zero-order valence-electron chi connectivity index (χ0n) is 13.8. The molecule has 1 aliphatic carbocycles. The highest BCUT2D eigenvalue weighted by atomic mass is 16.7. The number of rotatable bonds is 5. The molecule has 0 radical (unpaired) electrons. The summed E-state index contributed by atoms with van der Waals surface area (Å²) < 4.78 is 10.8. The van der Waals surface area contributed by atoms with Gasteiger partial charge in [-0.2, -0.15) is 5.10 Å². The highest BCUT2D eigenvalue weighted by molar-refractivity contribution is 5.70. The first-order valence-electron chi connectivity index (χ1n) is 8.59. The van der Waals surface area contributed by atoms with Crippen LogP contribution in [0, 0.1) is 5.92 Å². The Morgan fingerprint density at radius 2 is 2.04 bits per heavy atom. The number of fused-ring (bicyclic) bond motifs is 1. The minimum atomic E-state index is -0.668. The van der Waals surface area contributed by atoms with Gasteiger partial charge in [0.05, 0.1) is 17.8 Å². The molecule has 2 heterocycles. The Morgan fingerprint density at radius 3 is 2.84 bits per heavy atom. The third-order valence-corrected chi connectivity index (χ3v) is 5.04. The molecule has 132 valence electrons. The van der Waals surface area contributed by atoms with Crippen LogP contribution in [0.2, 0.25) is 0 Å². The van der Waals surface area contributed by atoms with Gasteiger partial charge in [-0.3, -0.25) is 9.89 Å². The molecule has 4 rings (SSSR count). The summed E-state index contributed by atoms with van der Waals surface area (Å²) in [4.78, 5) is 11.0. The van der Waals surface area contributed by atoms with Crippen LogP contribution in [-0.4, -0.2) is 34.1 Å². The van der Waals surface area contributed by atoms with Gasteiger partial charge < -0.3 is 19.9 Å². The summed E-state index contributed by atoms with van der Waals surface area (Å²) in [7, 11) is 0. The van der Waals surface area contributed by atoms with Gasteiger partial charge in [-0.05, 0) is 43.9 Å². The van der Waals surface area contributed by atoms with Crippen molar-refractivity contribution in [2.45, 2.75) is 38.3 Å². The first kappa shape index (κ1) is 16.0. The summed E-state index contributed by atoms with van der Waals surface area (Å²) in [5.74, 6) is 0.658. The molecule has 7 heteroatoms. The second-order valence-corrected chi connectivity index (χ2v) is 6.61. The molecule has 0 saturated heterocycles. The van der Waals surface area contributed by atoms with Crippen LogP contribution in [0.25, 0.3) is 11.3 Å². The number of aliphatic carboxylic acids is 1. The largest absolute Gasteiger partial charge is 0.481 e. The van der Waals surface area contributed by atoms with E-state index >= 15 is 0 Å². The number of carboxylic acids is 1. The van der Waals surface area contributed by atoms with Gasteiger partial charge in [0, 0.05) is 23.7 Å². The number of H-pyrrole nitrogens is 1. The zero-order valence-corrected chi connectivity index (χ0v) is 13.8. The van der Waals surface area contributed by atoms with Crippen molar-refractivity contribution in [1.29, 1.82) is 0 Å². The average molecular weight is 343 g/mol. The Labute approximate surface area is 145 Å². The highest BCUT2D eigenvalue weighted by Crippen LogP contribution is 2.36. The van der Waals surface area contributed by atoms with Crippen molar-refractivity contribution in [3.63, 3.8) is 0 Å². The van der Waals surface area contributed by atoms with E-state index in [-0.39, 0.29) is 12.7 Å². The number of carbonyl (C=O) groups is 1. The molecule has 7 nitrogen and oxygen atoms in total. The average Bonchev–Trinajstić information content (AvgIpc) is 3.28. The third kappa shape index (κ3) is 3.32. The van der Waals surface area contributed by atoms with Crippen LogP contribution < -0.4 is 14.8 Å². The Bertz CT molecular complexity index is 765. The molecule has 0 atom stereocenters. The Kier molecular flexibility index (Phi) is 4.31. The van der Waals surface area contributed by atoms with E-state index in [2.05, 4.69) is 15.5 Å². The predicted octanol–water partition coefficient (Wildman–Crippen LogP) is 2.54. The van der Waals surface area contributed by atoms with Crippen LogP contribution in [0.4, 0.5) is 0 Å². The Hall–Kier alpha value is -2.54. The van der Waals surface area contributed by atoms with Crippen molar-refractivity contribution in [3.8, 4) is 22.8 Å². The van der Waals surface area contributed by atoms with Gasteiger partial charge in [-0.15, -0.1) is 0 Å². The van der Waals surface area contributed by atoms with Crippen LogP contribution in [-0.2, 0) is 11.3 Å². The van der Waals surface area contributed by atoms with E-state index in [0.29, 0.717) is 12.6 Å². The highest BCUT2D eigenvalue weighted by Gasteiger charge is 2.25. The van der Waals surface area contributed by atoms with Crippen LogP contribution in [0.15, 0.2) is 24.4 Å². The SMILES string of the molecule is O=C(O)C1CCC(NCc2cn[nH]c2-c2ccc3c(c2)OCO3)CC1. The topological polar surface area (TPSA) is 96.5 Å². The Morgan fingerprint density at radius 1 is 1.24 bits per heavy atom. The first-order chi connectivity index (χ1) is 12.2. The van der Waals surface area contributed by atoms with Gasteiger partial charge in [0.1, 0.15) is 0 Å². The zero-order chi connectivity index (χ0) is 17.2. The predicted molar refractivity (Wildman–Crippen MR) is 90.4 cm³/mol. The van der Waals surface area contributed by atoms with Crippen molar-refractivity contribution >= 4 is 5.97 Å². The summed E-state index contributed by atoms with van der Waals surface area (Å²) in [5.41, 5.74) is 3.05. The van der Waals surface area contributed by atoms with Crippen LogP contribution in [0.5, 0.6) is 11.5 Å². The van der Waals surface area contributed by atoms with Gasteiger partial charge >= 0.3 is 5.97 Å². The van der Waals surface area contributed by atoms with Crippen molar-refractivity contribution < 1.29 is 19.4 Å². The molecule has 1 aromatic carbocycles. The summed E-state index contributed by atoms with van der Waals surface area (Å²) in [5, 5.41) is 19.9. The Balaban J connectivity index is 1.40. The molecular weight excluding hydrogens is 322 g/mol. The minimum absolute atomic E-state index is 0.184. The lowest BCUT2D eigenvalue weighted by atomic mass is 9.86. The van der Waals surface area contributed by atoms with Gasteiger partial charge in [-0.1, -0.05) is 0 Å². The molecule has 1 fully saturated rings. The van der Waals surface area contributed by atoms with Gasteiger partial charge in [-0.25, -0.2) is 0 Å². The number of hydrogen-bond acceptors (Lipinski definition) is 5. The number of benzene rings is 1. The molecule has 0 amide bonds. The minimum Gasteiger partial charge on any atom is -0.481 e. The lowest BCUT2D eigenvalue weighted by Crippen LogP contribution is -2.34. The van der Waals surface area contributed by atoms with E-state index in [1.807, 2.05) is 24.4 Å². The number of carboxylic acid groups (broad SMARTS) is 1. The van der Waals surface area contributed by atoms with Crippen molar-refractivity contribution in [2.75, 3.05) is 6.79 Å². The second kappa shape index (κ2) is 6.76. The van der Waals surface area contributed by atoms with Crippen LogP contribution in [0.1, 0.15) is 31.2 Å². The maximum atomic E-state index is 11.0. The van der Waals surface area contributed by atoms with Gasteiger partial charge in [0.15, 0.2) is 11.5 Å². The van der Waals surface area contributed by atoms with Crippen molar-refractivity contribution in [1.82, 2.24) is 15.5 Å². The summed E-state index contributed by atoms with van der Waals surface area (Å²) in [6.45, 7) is 0.956. The number of aromatic amines is 1. The molecule has 2 aromatic rings. The summed E-state index contributed by atoms with van der Waals surface area (Å²) in [6, 6.07) is 6.21. The third-order valence-electron chi connectivity index (χ3n) is 5.04. The number of nitrogens with one attached hydrogen (secondary N) is 2. The normalized spacial score (nSPS) is 22.1. The second-order valence-electron chi connectivity index (χ2n) is 6.61. The van der Waals surface area contributed by atoms with Gasteiger partial charge in [0.25, 0.3) is 0 Å². The van der Waals surface area contributed by atoms with Crippen molar-refractivity contribution in [2.24, 2.45) is 5.92 Å². The maximum absolute atomic E-state index is 11.0. The monoisotopic (exact) mass is 343 g/mol. The lowest BCUT2D eigenvalue weighted by molar-refractivity contribution is -0.142. The number of ether oxygens (including phenoxy) is 2. The van der Waals surface area contributed by atoms with E-state index in [0.717, 1.165) is 54.0 Å². The molecule has 3 N–H and O–H groups in total.